The quantitative estimate of drug-likeness (QED) is 0.0424. The Hall–Kier alpha value is -3.41. The lowest BCUT2D eigenvalue weighted by Gasteiger charge is -2.15. The minimum absolute atomic E-state index is 0.131. The normalized spacial score (nSPS) is 13.0. The number of aliphatic carboxylic acids is 1. The highest BCUT2D eigenvalue weighted by molar-refractivity contribution is 5.80. The standard InChI is InChI=1S/C42H67NO5/c1-3-5-7-9-11-12-13-14-15-16-17-18-19-20-21-22-23-24-25-27-33-37-42(47)48-39(34-30-26-10-8-6-4-2)35-31-28-29-32-36-40(44)43-38-41(45)46/h5,7,11-12,14-15,17-18,20-21,23-24,30,34,39H,3-4,6,8-10,13,16,19,22,25-29,31-33,35-38H2,1-2H3,(H,43,44)(H,45,46)/b7-5-,12-11-,15-14-,18-17-,21-20-,24-23-,34-30-. The molecule has 0 aromatic rings. The third-order valence-corrected chi connectivity index (χ3v) is 7.54. The zero-order valence-corrected chi connectivity index (χ0v) is 30.3. The average molecular weight is 666 g/mol. The number of nitrogens with one attached hydrogen (secondary N) is 1. The molecule has 0 heterocycles. The predicted octanol–water partition coefficient (Wildman–Crippen LogP) is 11.2. The second-order valence-electron chi connectivity index (χ2n) is 12.1. The number of allylic oxidation sites excluding steroid dienone is 13. The smallest absolute Gasteiger partial charge is 0.322 e. The van der Waals surface area contributed by atoms with Crippen LogP contribution in [0, 0.1) is 0 Å². The Morgan fingerprint density at radius 1 is 0.583 bits per heavy atom. The zero-order chi connectivity index (χ0) is 35.2. The van der Waals surface area contributed by atoms with Crippen molar-refractivity contribution in [1.29, 1.82) is 0 Å². The van der Waals surface area contributed by atoms with E-state index in [0.29, 0.717) is 12.8 Å². The summed E-state index contributed by atoms with van der Waals surface area (Å²) in [6.45, 7) is 4.02. The van der Waals surface area contributed by atoms with Crippen LogP contribution in [0.4, 0.5) is 0 Å². The van der Waals surface area contributed by atoms with Crippen LogP contribution in [0.2, 0.25) is 0 Å². The fourth-order valence-electron chi connectivity index (χ4n) is 4.78. The van der Waals surface area contributed by atoms with Crippen LogP contribution in [0.5, 0.6) is 0 Å². The summed E-state index contributed by atoms with van der Waals surface area (Å²) in [7, 11) is 0. The van der Waals surface area contributed by atoms with Gasteiger partial charge in [0.1, 0.15) is 12.6 Å². The number of carbonyl (C=O) groups is 3. The maximum atomic E-state index is 12.6. The molecule has 0 aromatic carbocycles. The minimum Gasteiger partial charge on any atom is -0.480 e. The molecule has 0 radical (unpaired) electrons. The van der Waals surface area contributed by atoms with Crippen molar-refractivity contribution in [3.63, 3.8) is 0 Å². The lowest BCUT2D eigenvalue weighted by atomic mass is 10.1. The largest absolute Gasteiger partial charge is 0.480 e. The second-order valence-corrected chi connectivity index (χ2v) is 12.1. The first-order valence-corrected chi connectivity index (χ1v) is 18.7. The summed E-state index contributed by atoms with van der Waals surface area (Å²) in [6.07, 6.45) is 50.1. The van der Waals surface area contributed by atoms with Gasteiger partial charge in [-0.3, -0.25) is 14.4 Å². The van der Waals surface area contributed by atoms with Gasteiger partial charge < -0.3 is 15.2 Å². The molecular weight excluding hydrogens is 598 g/mol. The lowest BCUT2D eigenvalue weighted by molar-refractivity contribution is -0.147. The molecule has 0 rings (SSSR count). The molecule has 48 heavy (non-hydrogen) atoms. The van der Waals surface area contributed by atoms with E-state index in [1.165, 1.54) is 19.3 Å². The van der Waals surface area contributed by atoms with Crippen LogP contribution in [0.1, 0.15) is 149 Å². The molecule has 0 saturated carbocycles. The molecule has 6 heteroatoms. The number of carbonyl (C=O) groups excluding carboxylic acids is 2. The summed E-state index contributed by atoms with van der Waals surface area (Å²) in [5.41, 5.74) is 0. The maximum Gasteiger partial charge on any atom is 0.322 e. The first-order chi connectivity index (χ1) is 23.5. The van der Waals surface area contributed by atoms with Gasteiger partial charge in [0.15, 0.2) is 0 Å². The van der Waals surface area contributed by atoms with E-state index in [9.17, 15) is 14.4 Å². The van der Waals surface area contributed by atoms with Crippen LogP contribution in [0.3, 0.4) is 0 Å². The fraction of sp³-hybridized carbons (Fsp3) is 0.595. The SMILES string of the molecule is CC/C=C\C/C=C\C/C=C\C/C=C\C/C=C\C/C=C\CCCCC(=O)OC(/C=C\CCCCCC)CCCCCCC(=O)NCC(=O)O. The Morgan fingerprint density at radius 3 is 1.67 bits per heavy atom. The van der Waals surface area contributed by atoms with E-state index in [2.05, 4.69) is 104 Å². The Kier molecular flexibility index (Phi) is 33.8. The molecule has 0 saturated heterocycles. The molecule has 0 bridgehead atoms. The Balaban J connectivity index is 4.14. The molecule has 0 aliphatic heterocycles. The number of amides is 1. The number of esters is 1. The first kappa shape index (κ1) is 44.6. The highest BCUT2D eigenvalue weighted by Crippen LogP contribution is 2.14. The number of unbranched alkanes of at least 4 members (excludes halogenated alkanes) is 9. The van der Waals surface area contributed by atoms with Gasteiger partial charge in [0.25, 0.3) is 0 Å². The topological polar surface area (TPSA) is 92.7 Å². The molecule has 0 spiro atoms. The number of hydrogen-bond donors (Lipinski definition) is 2. The van der Waals surface area contributed by atoms with Crippen molar-refractivity contribution in [3.05, 3.63) is 85.1 Å². The van der Waals surface area contributed by atoms with E-state index in [0.717, 1.165) is 103 Å². The first-order valence-electron chi connectivity index (χ1n) is 18.7. The van der Waals surface area contributed by atoms with Crippen molar-refractivity contribution in [2.45, 2.75) is 155 Å². The molecule has 270 valence electrons. The van der Waals surface area contributed by atoms with Crippen molar-refractivity contribution >= 4 is 17.8 Å². The van der Waals surface area contributed by atoms with E-state index in [4.69, 9.17) is 9.84 Å². The molecule has 1 atom stereocenters. The van der Waals surface area contributed by atoms with Gasteiger partial charge in [-0.1, -0.05) is 125 Å². The monoisotopic (exact) mass is 666 g/mol. The van der Waals surface area contributed by atoms with Crippen molar-refractivity contribution in [3.8, 4) is 0 Å². The van der Waals surface area contributed by atoms with E-state index < -0.39 is 5.97 Å². The van der Waals surface area contributed by atoms with Gasteiger partial charge in [-0.05, 0) is 96.0 Å². The summed E-state index contributed by atoms with van der Waals surface area (Å²) >= 11 is 0. The van der Waals surface area contributed by atoms with Crippen LogP contribution in [0.15, 0.2) is 85.1 Å². The van der Waals surface area contributed by atoms with Crippen LogP contribution in [-0.2, 0) is 19.1 Å². The van der Waals surface area contributed by atoms with Crippen molar-refractivity contribution in [2.75, 3.05) is 6.54 Å². The third kappa shape index (κ3) is 35.4. The highest BCUT2D eigenvalue weighted by atomic mass is 16.5. The minimum atomic E-state index is -1.03. The van der Waals surface area contributed by atoms with Crippen LogP contribution in [0.25, 0.3) is 0 Å². The molecule has 6 nitrogen and oxygen atoms in total. The molecule has 0 fully saturated rings. The second kappa shape index (κ2) is 36.4. The summed E-state index contributed by atoms with van der Waals surface area (Å²) < 4.78 is 5.83. The number of ether oxygens (including phenoxy) is 1. The van der Waals surface area contributed by atoms with Gasteiger partial charge in [-0.2, -0.15) is 0 Å². The van der Waals surface area contributed by atoms with E-state index in [1.807, 2.05) is 0 Å². The number of hydrogen-bond acceptors (Lipinski definition) is 4. The van der Waals surface area contributed by atoms with Crippen molar-refractivity contribution < 1.29 is 24.2 Å². The fourth-order valence-corrected chi connectivity index (χ4v) is 4.78. The third-order valence-electron chi connectivity index (χ3n) is 7.54. The van der Waals surface area contributed by atoms with Gasteiger partial charge in [0.2, 0.25) is 5.91 Å². The average Bonchev–Trinajstić information content (AvgIpc) is 3.07. The molecule has 1 unspecified atom stereocenters. The molecule has 0 aliphatic carbocycles. The van der Waals surface area contributed by atoms with Gasteiger partial charge >= 0.3 is 11.9 Å². The van der Waals surface area contributed by atoms with Crippen LogP contribution < -0.4 is 5.32 Å². The molecule has 2 N–H and O–H groups in total. The number of carboxylic acids is 1. The summed E-state index contributed by atoms with van der Waals surface area (Å²) in [5.74, 6) is -1.39. The Morgan fingerprint density at radius 2 is 1.08 bits per heavy atom. The van der Waals surface area contributed by atoms with E-state index in [-0.39, 0.29) is 24.5 Å². The number of rotatable bonds is 32. The number of carboxylic acid groups (broad SMARTS) is 1. The van der Waals surface area contributed by atoms with Gasteiger partial charge in [0, 0.05) is 12.8 Å². The Bertz CT molecular complexity index is 1000. The van der Waals surface area contributed by atoms with Gasteiger partial charge in [-0.15, -0.1) is 0 Å². The van der Waals surface area contributed by atoms with Crippen LogP contribution >= 0.6 is 0 Å². The molecule has 0 aromatic heterocycles. The molecule has 1 amide bonds. The lowest BCUT2D eigenvalue weighted by Crippen LogP contribution is -2.28. The molecular formula is C42H67NO5. The summed E-state index contributed by atoms with van der Waals surface area (Å²) in [6, 6.07) is 0. The summed E-state index contributed by atoms with van der Waals surface area (Å²) in [5, 5.41) is 11.0. The molecule has 0 aliphatic rings. The maximum absolute atomic E-state index is 12.6. The highest BCUT2D eigenvalue weighted by Gasteiger charge is 2.11. The predicted molar refractivity (Wildman–Crippen MR) is 203 cm³/mol. The Labute approximate surface area is 293 Å². The van der Waals surface area contributed by atoms with E-state index in [1.54, 1.807) is 0 Å². The van der Waals surface area contributed by atoms with Crippen molar-refractivity contribution in [1.82, 2.24) is 5.32 Å². The van der Waals surface area contributed by atoms with E-state index >= 15 is 0 Å². The van der Waals surface area contributed by atoms with Crippen LogP contribution in [-0.4, -0.2) is 35.6 Å². The van der Waals surface area contributed by atoms with Crippen molar-refractivity contribution in [2.24, 2.45) is 0 Å². The zero-order valence-electron chi connectivity index (χ0n) is 30.3. The van der Waals surface area contributed by atoms with Gasteiger partial charge in [-0.25, -0.2) is 0 Å². The summed E-state index contributed by atoms with van der Waals surface area (Å²) in [4.78, 5) is 34.8. The van der Waals surface area contributed by atoms with Gasteiger partial charge in [0.05, 0.1) is 0 Å².